The largest absolute Gasteiger partial charge is 0.350 e. The van der Waals surface area contributed by atoms with Gasteiger partial charge < -0.3 is 10.2 Å². The minimum absolute atomic E-state index is 0.691. The first-order valence-corrected chi connectivity index (χ1v) is 8.28. The molecular weight excluding hydrogens is 316 g/mol. The Morgan fingerprint density at radius 3 is 2.55 bits per heavy atom. The normalized spacial score (nSPS) is 11.6. The number of rotatable bonds is 4. The summed E-state index contributed by atoms with van der Waals surface area (Å²) in [6.45, 7) is 5.60. The molecular formula is C16H21ClN4S. The van der Waals surface area contributed by atoms with Gasteiger partial charge in [-0.3, -0.25) is 4.99 Å². The molecule has 0 fully saturated rings. The van der Waals surface area contributed by atoms with E-state index in [0.29, 0.717) is 6.54 Å². The summed E-state index contributed by atoms with van der Waals surface area (Å²) in [4.78, 5) is 12.2. The second-order valence-corrected chi connectivity index (χ2v) is 6.86. The number of hydrogen-bond donors (Lipinski definition) is 1. The van der Waals surface area contributed by atoms with Gasteiger partial charge in [0.1, 0.15) is 5.01 Å². The Kier molecular flexibility index (Phi) is 5.80. The van der Waals surface area contributed by atoms with Crippen LogP contribution in [0.3, 0.4) is 0 Å². The molecule has 0 amide bonds. The molecule has 0 aliphatic carbocycles. The molecule has 1 N–H and O–H groups in total. The summed E-state index contributed by atoms with van der Waals surface area (Å²) in [5.74, 6) is 0.848. The fourth-order valence-corrected chi connectivity index (χ4v) is 3.09. The molecule has 0 saturated heterocycles. The van der Waals surface area contributed by atoms with Crippen molar-refractivity contribution < 1.29 is 0 Å². The quantitative estimate of drug-likeness (QED) is 0.684. The predicted octanol–water partition coefficient (Wildman–Crippen LogP) is 3.62. The fourth-order valence-electron chi connectivity index (χ4n) is 2.09. The van der Waals surface area contributed by atoms with Crippen LogP contribution in [0.1, 0.15) is 21.1 Å². The van der Waals surface area contributed by atoms with Gasteiger partial charge in [0, 0.05) is 30.5 Å². The van der Waals surface area contributed by atoms with Crippen molar-refractivity contribution in [2.45, 2.75) is 26.9 Å². The van der Waals surface area contributed by atoms with Gasteiger partial charge in [0.25, 0.3) is 0 Å². The molecule has 1 heterocycles. The highest BCUT2D eigenvalue weighted by atomic mass is 35.5. The first-order valence-electron chi connectivity index (χ1n) is 7.08. The van der Waals surface area contributed by atoms with Gasteiger partial charge in [0.2, 0.25) is 0 Å². The standard InChI is InChI=1S/C16H21ClN4S/c1-11-12(2)22-15(20-11)9-19-16(18-3)21(4)10-13-5-7-14(17)8-6-13/h5-8H,9-10H2,1-4H3,(H,18,19). The maximum absolute atomic E-state index is 5.91. The van der Waals surface area contributed by atoms with Crippen molar-refractivity contribution in [2.75, 3.05) is 14.1 Å². The highest BCUT2D eigenvalue weighted by Gasteiger charge is 2.09. The molecule has 6 heteroatoms. The van der Waals surface area contributed by atoms with Crippen molar-refractivity contribution in [1.82, 2.24) is 15.2 Å². The Hall–Kier alpha value is -1.59. The summed E-state index contributed by atoms with van der Waals surface area (Å²) in [5.41, 5.74) is 2.29. The third-order valence-corrected chi connectivity index (χ3v) is 4.70. The number of nitrogens with one attached hydrogen (secondary N) is 1. The zero-order valence-corrected chi connectivity index (χ0v) is 14.9. The van der Waals surface area contributed by atoms with E-state index in [1.54, 1.807) is 18.4 Å². The lowest BCUT2D eigenvalue weighted by Gasteiger charge is -2.21. The minimum atomic E-state index is 0.691. The molecule has 0 aliphatic rings. The molecule has 0 spiro atoms. The number of aryl methyl sites for hydroxylation is 2. The van der Waals surface area contributed by atoms with Crippen molar-refractivity contribution in [3.05, 3.63) is 50.4 Å². The van der Waals surface area contributed by atoms with Crippen LogP contribution in [0.2, 0.25) is 5.02 Å². The molecule has 22 heavy (non-hydrogen) atoms. The van der Waals surface area contributed by atoms with Crippen molar-refractivity contribution in [3.8, 4) is 0 Å². The molecule has 0 saturated carbocycles. The van der Waals surface area contributed by atoms with Gasteiger partial charge in [-0.05, 0) is 31.5 Å². The van der Waals surface area contributed by atoms with Crippen LogP contribution in [0.5, 0.6) is 0 Å². The van der Waals surface area contributed by atoms with Crippen LogP contribution in [0.15, 0.2) is 29.3 Å². The van der Waals surface area contributed by atoms with Gasteiger partial charge in [0.15, 0.2) is 5.96 Å². The third-order valence-electron chi connectivity index (χ3n) is 3.38. The van der Waals surface area contributed by atoms with Gasteiger partial charge >= 0.3 is 0 Å². The molecule has 0 unspecified atom stereocenters. The number of nitrogens with zero attached hydrogens (tertiary/aromatic N) is 3. The number of guanidine groups is 1. The zero-order chi connectivity index (χ0) is 16.1. The van der Waals surface area contributed by atoms with Crippen LogP contribution in [-0.2, 0) is 13.1 Å². The summed E-state index contributed by atoms with van der Waals surface area (Å²) < 4.78 is 0. The average molecular weight is 337 g/mol. The summed E-state index contributed by atoms with van der Waals surface area (Å²) in [6, 6.07) is 7.86. The first-order chi connectivity index (χ1) is 10.5. The lowest BCUT2D eigenvalue weighted by atomic mass is 10.2. The van der Waals surface area contributed by atoms with Crippen LogP contribution in [0, 0.1) is 13.8 Å². The van der Waals surface area contributed by atoms with E-state index in [9.17, 15) is 0 Å². The second-order valence-electron chi connectivity index (χ2n) is 5.13. The fraction of sp³-hybridized carbons (Fsp3) is 0.375. The van der Waals surface area contributed by atoms with E-state index in [2.05, 4.69) is 27.1 Å². The van der Waals surface area contributed by atoms with E-state index < -0.39 is 0 Å². The molecule has 0 bridgehead atoms. The molecule has 0 atom stereocenters. The second kappa shape index (κ2) is 7.61. The average Bonchev–Trinajstić information content (AvgIpc) is 2.81. The molecule has 2 aromatic rings. The van der Waals surface area contributed by atoms with E-state index >= 15 is 0 Å². The number of halogens is 1. The number of benzene rings is 1. The highest BCUT2D eigenvalue weighted by molar-refractivity contribution is 7.11. The number of aliphatic imine (C=N–C) groups is 1. The zero-order valence-electron chi connectivity index (χ0n) is 13.4. The highest BCUT2D eigenvalue weighted by Crippen LogP contribution is 2.16. The molecule has 118 valence electrons. The maximum atomic E-state index is 5.91. The van der Waals surface area contributed by atoms with Crippen molar-refractivity contribution in [2.24, 2.45) is 4.99 Å². The summed E-state index contributed by atoms with van der Waals surface area (Å²) in [5, 5.41) is 5.19. The Labute approximate surface area is 140 Å². The van der Waals surface area contributed by atoms with Crippen molar-refractivity contribution >= 4 is 28.9 Å². The number of thiazole rings is 1. The van der Waals surface area contributed by atoms with Crippen molar-refractivity contribution in [1.29, 1.82) is 0 Å². The summed E-state index contributed by atoms with van der Waals surface area (Å²) >= 11 is 7.64. The topological polar surface area (TPSA) is 40.5 Å². The number of aromatic nitrogens is 1. The Balaban J connectivity index is 1.94. The Bertz CT molecular complexity index is 629. The van der Waals surface area contributed by atoms with E-state index in [1.807, 2.05) is 38.2 Å². The molecule has 1 aromatic heterocycles. The van der Waals surface area contributed by atoms with Gasteiger partial charge in [-0.1, -0.05) is 23.7 Å². The first kappa shape index (κ1) is 16.8. The molecule has 2 rings (SSSR count). The monoisotopic (exact) mass is 336 g/mol. The van der Waals surface area contributed by atoms with Crippen LogP contribution in [0.4, 0.5) is 0 Å². The van der Waals surface area contributed by atoms with Gasteiger partial charge in [0.05, 0.1) is 12.2 Å². The van der Waals surface area contributed by atoms with Gasteiger partial charge in [-0.25, -0.2) is 4.98 Å². The lowest BCUT2D eigenvalue weighted by Crippen LogP contribution is -2.38. The maximum Gasteiger partial charge on any atom is 0.194 e. The van der Waals surface area contributed by atoms with E-state index in [0.717, 1.165) is 28.2 Å². The molecule has 0 aliphatic heterocycles. The van der Waals surface area contributed by atoms with Crippen LogP contribution >= 0.6 is 22.9 Å². The SMILES string of the molecule is CN=C(NCc1nc(C)c(C)s1)N(C)Cc1ccc(Cl)cc1. The smallest absolute Gasteiger partial charge is 0.194 e. The van der Waals surface area contributed by atoms with Crippen molar-refractivity contribution in [3.63, 3.8) is 0 Å². The Morgan fingerprint density at radius 2 is 2.00 bits per heavy atom. The van der Waals surface area contributed by atoms with Gasteiger partial charge in [-0.2, -0.15) is 0 Å². The minimum Gasteiger partial charge on any atom is -0.350 e. The van der Waals surface area contributed by atoms with Gasteiger partial charge in [-0.15, -0.1) is 11.3 Å². The molecule has 4 nitrogen and oxygen atoms in total. The summed E-state index contributed by atoms with van der Waals surface area (Å²) in [7, 11) is 3.81. The molecule has 0 radical (unpaired) electrons. The third kappa shape index (κ3) is 4.45. The van der Waals surface area contributed by atoms with Crippen LogP contribution in [0.25, 0.3) is 0 Å². The van der Waals surface area contributed by atoms with E-state index in [4.69, 9.17) is 11.6 Å². The molecule has 1 aromatic carbocycles. The Morgan fingerprint density at radius 1 is 1.32 bits per heavy atom. The summed E-state index contributed by atoms with van der Waals surface area (Å²) in [6.07, 6.45) is 0. The van der Waals surface area contributed by atoms with Crippen LogP contribution in [-0.4, -0.2) is 29.9 Å². The predicted molar refractivity (Wildman–Crippen MR) is 94.7 cm³/mol. The van der Waals surface area contributed by atoms with E-state index in [1.165, 1.54) is 10.4 Å². The number of hydrogen-bond acceptors (Lipinski definition) is 3. The lowest BCUT2D eigenvalue weighted by molar-refractivity contribution is 0.476. The van der Waals surface area contributed by atoms with Crippen LogP contribution < -0.4 is 5.32 Å². The van der Waals surface area contributed by atoms with E-state index in [-0.39, 0.29) is 0 Å².